The Kier molecular flexibility index (Phi) is 5.62. The minimum atomic E-state index is -0.511. The minimum Gasteiger partial charge on any atom is -0.369 e. The van der Waals surface area contributed by atoms with Crippen LogP contribution in [0.5, 0.6) is 0 Å². The lowest BCUT2D eigenvalue weighted by molar-refractivity contribution is -0.121. The summed E-state index contributed by atoms with van der Waals surface area (Å²) in [5.41, 5.74) is 8.72. The molecule has 0 saturated carbocycles. The van der Waals surface area contributed by atoms with Crippen molar-refractivity contribution in [3.8, 4) is 0 Å². The molecule has 128 valence electrons. The second-order valence-corrected chi connectivity index (χ2v) is 6.36. The number of nitrogens with one attached hydrogen (secondary N) is 1. The van der Waals surface area contributed by atoms with Gasteiger partial charge in [0.25, 0.3) is 5.91 Å². The van der Waals surface area contributed by atoms with Crippen molar-refractivity contribution in [2.45, 2.75) is 20.3 Å². The van der Waals surface area contributed by atoms with E-state index in [0.717, 1.165) is 16.7 Å². The Bertz CT molecular complexity index is 770. The number of primary amides is 1. The van der Waals surface area contributed by atoms with Crippen LogP contribution in [-0.4, -0.2) is 28.1 Å². The molecule has 1 atom stereocenters. The molecule has 7 heteroatoms. The molecular formula is C17H21ClN4O2. The number of benzene rings is 1. The van der Waals surface area contributed by atoms with E-state index in [1.54, 1.807) is 30.1 Å². The lowest BCUT2D eigenvalue weighted by atomic mass is 10.0. The van der Waals surface area contributed by atoms with E-state index in [0.29, 0.717) is 17.0 Å². The molecule has 1 heterocycles. The molecule has 1 aromatic heterocycles. The first kappa shape index (κ1) is 18.0. The van der Waals surface area contributed by atoms with Crippen LogP contribution in [0.3, 0.4) is 0 Å². The maximum Gasteiger partial charge on any atom is 0.252 e. The van der Waals surface area contributed by atoms with Gasteiger partial charge in [-0.3, -0.25) is 14.3 Å². The summed E-state index contributed by atoms with van der Waals surface area (Å²) < 4.78 is 1.65. The lowest BCUT2D eigenvalue weighted by Crippen LogP contribution is -2.37. The largest absolute Gasteiger partial charge is 0.369 e. The highest BCUT2D eigenvalue weighted by molar-refractivity contribution is 6.34. The second kappa shape index (κ2) is 7.49. The van der Waals surface area contributed by atoms with E-state index in [2.05, 4.69) is 10.4 Å². The quantitative estimate of drug-likeness (QED) is 0.833. The van der Waals surface area contributed by atoms with E-state index < -0.39 is 11.8 Å². The van der Waals surface area contributed by atoms with Crippen LogP contribution >= 0.6 is 11.6 Å². The van der Waals surface area contributed by atoms with Gasteiger partial charge < -0.3 is 11.1 Å². The number of hydrogen-bond acceptors (Lipinski definition) is 3. The van der Waals surface area contributed by atoms with Crippen LogP contribution in [0.1, 0.15) is 27.0 Å². The van der Waals surface area contributed by atoms with E-state index in [4.69, 9.17) is 17.3 Å². The maximum atomic E-state index is 12.3. The second-order valence-electron chi connectivity index (χ2n) is 5.95. The molecule has 1 aromatic carbocycles. The number of nitrogens with two attached hydrogens (primary N) is 1. The zero-order chi connectivity index (χ0) is 17.9. The molecule has 24 heavy (non-hydrogen) atoms. The third kappa shape index (κ3) is 4.35. The molecule has 3 N–H and O–H groups in total. The molecule has 1 unspecified atom stereocenters. The van der Waals surface area contributed by atoms with Gasteiger partial charge in [0, 0.05) is 19.8 Å². The summed E-state index contributed by atoms with van der Waals surface area (Å²) in [6.07, 6.45) is 3.92. The number of aromatic nitrogens is 2. The third-order valence-electron chi connectivity index (χ3n) is 3.98. The maximum absolute atomic E-state index is 12.3. The summed E-state index contributed by atoms with van der Waals surface area (Å²) in [6, 6.07) is 3.50. The van der Waals surface area contributed by atoms with Gasteiger partial charge in [0.1, 0.15) is 0 Å². The molecular weight excluding hydrogens is 328 g/mol. The van der Waals surface area contributed by atoms with Gasteiger partial charge in [0.05, 0.1) is 22.7 Å². The fourth-order valence-corrected chi connectivity index (χ4v) is 2.71. The van der Waals surface area contributed by atoms with Gasteiger partial charge >= 0.3 is 0 Å². The SMILES string of the molecule is Cc1cc(Cl)c(C(=O)NCC(Cc2cnn(C)c2)C(N)=O)cc1C. The first-order valence-electron chi connectivity index (χ1n) is 7.59. The lowest BCUT2D eigenvalue weighted by Gasteiger charge is -2.14. The molecule has 6 nitrogen and oxygen atoms in total. The molecule has 0 spiro atoms. The van der Waals surface area contributed by atoms with Crippen molar-refractivity contribution >= 4 is 23.4 Å². The number of aryl methyl sites for hydroxylation is 3. The third-order valence-corrected chi connectivity index (χ3v) is 4.29. The Balaban J connectivity index is 2.05. The fourth-order valence-electron chi connectivity index (χ4n) is 2.40. The Hall–Kier alpha value is -2.34. The topological polar surface area (TPSA) is 90.0 Å². The van der Waals surface area contributed by atoms with Gasteiger partial charge in [-0.05, 0) is 49.1 Å². The van der Waals surface area contributed by atoms with Crippen molar-refractivity contribution in [2.24, 2.45) is 18.7 Å². The monoisotopic (exact) mass is 348 g/mol. The van der Waals surface area contributed by atoms with E-state index in [1.165, 1.54) is 0 Å². The van der Waals surface area contributed by atoms with Gasteiger partial charge in [0.15, 0.2) is 0 Å². The first-order valence-corrected chi connectivity index (χ1v) is 7.97. The van der Waals surface area contributed by atoms with Gasteiger partial charge in [-0.2, -0.15) is 5.10 Å². The Morgan fingerprint density at radius 2 is 2.00 bits per heavy atom. The van der Waals surface area contributed by atoms with Crippen molar-refractivity contribution in [1.29, 1.82) is 0 Å². The number of rotatable bonds is 6. The predicted molar refractivity (Wildman–Crippen MR) is 92.9 cm³/mol. The summed E-state index contributed by atoms with van der Waals surface area (Å²) in [5, 5.41) is 7.19. The number of carbonyl (C=O) groups excluding carboxylic acids is 2. The fraction of sp³-hybridized carbons (Fsp3) is 0.353. The Morgan fingerprint density at radius 3 is 2.58 bits per heavy atom. The number of amides is 2. The average molecular weight is 349 g/mol. The van der Waals surface area contributed by atoms with E-state index in [9.17, 15) is 9.59 Å². The predicted octanol–water partition coefficient (Wildman–Crippen LogP) is 1.76. The zero-order valence-electron chi connectivity index (χ0n) is 14.0. The molecule has 0 bridgehead atoms. The number of nitrogens with zero attached hydrogens (tertiary/aromatic N) is 2. The first-order chi connectivity index (χ1) is 11.3. The molecule has 0 aliphatic heterocycles. The van der Waals surface area contributed by atoms with Gasteiger partial charge in [0.2, 0.25) is 5.91 Å². The number of carbonyl (C=O) groups is 2. The highest BCUT2D eigenvalue weighted by atomic mass is 35.5. The molecule has 2 amide bonds. The standard InChI is InChI=1S/C17H21ClN4O2/c1-10-4-14(15(18)5-11(10)2)17(24)20-8-13(16(19)23)6-12-7-21-22(3)9-12/h4-5,7,9,13H,6,8H2,1-3H3,(H2,19,23)(H,20,24). The van der Waals surface area contributed by atoms with E-state index in [1.807, 2.05) is 20.0 Å². The molecule has 2 rings (SSSR count). The Morgan fingerprint density at radius 1 is 1.33 bits per heavy atom. The van der Waals surface area contributed by atoms with Crippen LogP contribution in [0.25, 0.3) is 0 Å². The van der Waals surface area contributed by atoms with E-state index in [-0.39, 0.29) is 12.5 Å². The molecule has 0 saturated heterocycles. The zero-order valence-corrected chi connectivity index (χ0v) is 14.7. The van der Waals surface area contributed by atoms with Crippen LogP contribution in [-0.2, 0) is 18.3 Å². The van der Waals surface area contributed by atoms with Crippen molar-refractivity contribution in [3.63, 3.8) is 0 Å². The van der Waals surface area contributed by atoms with Crippen LogP contribution in [0.2, 0.25) is 5.02 Å². The molecule has 0 aliphatic rings. The molecule has 2 aromatic rings. The van der Waals surface area contributed by atoms with Crippen LogP contribution < -0.4 is 11.1 Å². The molecule has 0 fully saturated rings. The van der Waals surface area contributed by atoms with Crippen molar-refractivity contribution in [1.82, 2.24) is 15.1 Å². The smallest absolute Gasteiger partial charge is 0.252 e. The molecule has 0 radical (unpaired) electrons. The summed E-state index contributed by atoms with van der Waals surface area (Å²) in [7, 11) is 1.80. The van der Waals surface area contributed by atoms with Crippen LogP contribution in [0.15, 0.2) is 24.5 Å². The van der Waals surface area contributed by atoms with Gasteiger partial charge in [-0.1, -0.05) is 11.6 Å². The highest BCUT2D eigenvalue weighted by Crippen LogP contribution is 2.21. The minimum absolute atomic E-state index is 0.145. The van der Waals surface area contributed by atoms with E-state index >= 15 is 0 Å². The van der Waals surface area contributed by atoms with Crippen molar-refractivity contribution in [2.75, 3.05) is 6.54 Å². The normalized spacial score (nSPS) is 12.0. The summed E-state index contributed by atoms with van der Waals surface area (Å²) in [6.45, 7) is 3.99. The summed E-state index contributed by atoms with van der Waals surface area (Å²) in [4.78, 5) is 24.0. The Labute approximate surface area is 146 Å². The number of halogens is 1. The van der Waals surface area contributed by atoms with Crippen LogP contribution in [0.4, 0.5) is 0 Å². The average Bonchev–Trinajstić information content (AvgIpc) is 2.91. The summed E-state index contributed by atoms with van der Waals surface area (Å²) >= 11 is 6.14. The van der Waals surface area contributed by atoms with Gasteiger partial charge in [-0.25, -0.2) is 0 Å². The number of hydrogen-bond donors (Lipinski definition) is 2. The van der Waals surface area contributed by atoms with Crippen LogP contribution in [0, 0.1) is 19.8 Å². The van der Waals surface area contributed by atoms with Crippen molar-refractivity contribution < 1.29 is 9.59 Å². The van der Waals surface area contributed by atoms with Gasteiger partial charge in [-0.15, -0.1) is 0 Å². The van der Waals surface area contributed by atoms with Crippen molar-refractivity contribution in [3.05, 3.63) is 51.8 Å². The molecule has 0 aliphatic carbocycles. The summed E-state index contributed by atoms with van der Waals surface area (Å²) in [5.74, 6) is -1.30. The highest BCUT2D eigenvalue weighted by Gasteiger charge is 2.19.